The molecule has 0 bridgehead atoms. The molecule has 4 nitrogen and oxygen atoms in total. The third-order valence-electron chi connectivity index (χ3n) is 4.61. The smallest absolute Gasteiger partial charge is 0.410 e. The number of aliphatic hydroxyl groups is 1. The van der Waals surface area contributed by atoms with Gasteiger partial charge in [-0.1, -0.05) is 37.3 Å². The number of rotatable bonds is 4. The van der Waals surface area contributed by atoms with Crippen LogP contribution in [-0.4, -0.2) is 40.4 Å². The van der Waals surface area contributed by atoms with E-state index < -0.39 is 11.7 Å². The molecule has 1 aliphatic heterocycles. The predicted molar refractivity (Wildman–Crippen MR) is 95.9 cm³/mol. The van der Waals surface area contributed by atoms with Gasteiger partial charge >= 0.3 is 6.09 Å². The Hall–Kier alpha value is -1.55. The maximum atomic E-state index is 12.5. The SMILES string of the molecule is CC[C@H](O)[C@H]1CC(Cc2ccccc2)CCN1C(=O)OC(C)(C)C. The molecule has 24 heavy (non-hydrogen) atoms. The quantitative estimate of drug-likeness (QED) is 0.905. The summed E-state index contributed by atoms with van der Waals surface area (Å²) < 4.78 is 5.53. The van der Waals surface area contributed by atoms with Crippen LogP contribution in [0.5, 0.6) is 0 Å². The van der Waals surface area contributed by atoms with E-state index in [1.165, 1.54) is 5.56 Å². The van der Waals surface area contributed by atoms with Crippen molar-refractivity contribution < 1.29 is 14.6 Å². The number of ether oxygens (including phenoxy) is 1. The number of benzene rings is 1. The van der Waals surface area contributed by atoms with E-state index in [0.29, 0.717) is 18.9 Å². The van der Waals surface area contributed by atoms with Crippen LogP contribution in [0.4, 0.5) is 4.79 Å². The van der Waals surface area contributed by atoms with Crippen LogP contribution in [0, 0.1) is 5.92 Å². The molecule has 134 valence electrons. The summed E-state index contributed by atoms with van der Waals surface area (Å²) in [5.41, 5.74) is 0.803. The van der Waals surface area contributed by atoms with E-state index in [9.17, 15) is 9.90 Å². The summed E-state index contributed by atoms with van der Waals surface area (Å²) in [5.74, 6) is 0.484. The Morgan fingerprint density at radius 3 is 2.58 bits per heavy atom. The van der Waals surface area contributed by atoms with Crippen LogP contribution in [0.1, 0.15) is 52.5 Å². The normalized spacial score (nSPS) is 23.0. The van der Waals surface area contributed by atoms with Crippen molar-refractivity contribution in [3.8, 4) is 0 Å². The summed E-state index contributed by atoms with van der Waals surface area (Å²) >= 11 is 0. The molecule has 1 aromatic carbocycles. The van der Waals surface area contributed by atoms with Crippen LogP contribution in [-0.2, 0) is 11.2 Å². The lowest BCUT2D eigenvalue weighted by Gasteiger charge is -2.42. The number of amides is 1. The van der Waals surface area contributed by atoms with Gasteiger partial charge in [-0.3, -0.25) is 0 Å². The predicted octanol–water partition coefficient (Wildman–Crippen LogP) is 4.02. The van der Waals surface area contributed by atoms with Gasteiger partial charge in [0.05, 0.1) is 12.1 Å². The lowest BCUT2D eigenvalue weighted by molar-refractivity contribution is -0.0251. The number of carbonyl (C=O) groups is 1. The summed E-state index contributed by atoms with van der Waals surface area (Å²) in [6.45, 7) is 8.22. The minimum atomic E-state index is -0.514. The summed E-state index contributed by atoms with van der Waals surface area (Å²) in [6, 6.07) is 10.3. The minimum Gasteiger partial charge on any atom is -0.444 e. The standard InChI is InChI=1S/C20H31NO3/c1-5-18(22)17-14-16(13-15-9-7-6-8-10-15)11-12-21(17)19(23)24-20(2,3)4/h6-10,16-18,22H,5,11-14H2,1-4H3/t16?,17-,18+/m1/s1. The highest BCUT2D eigenvalue weighted by molar-refractivity contribution is 5.68. The van der Waals surface area contributed by atoms with Crippen LogP contribution in [0.25, 0.3) is 0 Å². The number of carbonyl (C=O) groups excluding carboxylic acids is 1. The Balaban J connectivity index is 2.05. The maximum absolute atomic E-state index is 12.5. The van der Waals surface area contributed by atoms with Crippen molar-refractivity contribution in [2.24, 2.45) is 5.92 Å². The molecule has 1 aromatic rings. The van der Waals surface area contributed by atoms with Crippen LogP contribution in [0.3, 0.4) is 0 Å². The lowest BCUT2D eigenvalue weighted by Crippen LogP contribution is -2.53. The van der Waals surface area contributed by atoms with Crippen molar-refractivity contribution in [1.82, 2.24) is 4.90 Å². The fourth-order valence-electron chi connectivity index (χ4n) is 3.39. The Morgan fingerprint density at radius 2 is 2.00 bits per heavy atom. The Morgan fingerprint density at radius 1 is 1.33 bits per heavy atom. The maximum Gasteiger partial charge on any atom is 0.410 e. The van der Waals surface area contributed by atoms with E-state index in [0.717, 1.165) is 19.3 Å². The zero-order valence-electron chi connectivity index (χ0n) is 15.4. The molecule has 1 fully saturated rings. The fraction of sp³-hybridized carbons (Fsp3) is 0.650. The van der Waals surface area contributed by atoms with Gasteiger partial charge in [0, 0.05) is 6.54 Å². The molecule has 1 unspecified atom stereocenters. The van der Waals surface area contributed by atoms with E-state index in [4.69, 9.17) is 4.74 Å². The Kier molecular flexibility index (Phi) is 6.27. The fourth-order valence-corrected chi connectivity index (χ4v) is 3.39. The van der Waals surface area contributed by atoms with Crippen LogP contribution in [0.2, 0.25) is 0 Å². The van der Waals surface area contributed by atoms with Crippen molar-refractivity contribution in [3.05, 3.63) is 35.9 Å². The first-order valence-corrected chi connectivity index (χ1v) is 9.01. The molecule has 4 heteroatoms. The summed E-state index contributed by atoms with van der Waals surface area (Å²) in [7, 11) is 0. The summed E-state index contributed by atoms with van der Waals surface area (Å²) in [4.78, 5) is 14.2. The lowest BCUT2D eigenvalue weighted by atomic mass is 9.84. The number of piperidine rings is 1. The van der Waals surface area contributed by atoms with Crippen molar-refractivity contribution in [3.63, 3.8) is 0 Å². The summed E-state index contributed by atoms with van der Waals surface area (Å²) in [6.07, 6.45) is 2.59. The van der Waals surface area contributed by atoms with Crippen LogP contribution >= 0.6 is 0 Å². The molecule has 3 atom stereocenters. The molecule has 1 heterocycles. The van der Waals surface area contributed by atoms with Crippen LogP contribution < -0.4 is 0 Å². The average molecular weight is 333 g/mol. The average Bonchev–Trinajstić information content (AvgIpc) is 2.53. The van der Waals surface area contributed by atoms with Gasteiger partial charge in [-0.2, -0.15) is 0 Å². The third kappa shape index (κ3) is 5.23. The molecule has 0 saturated carbocycles. The first kappa shape index (κ1) is 18.8. The number of nitrogens with zero attached hydrogens (tertiary/aromatic N) is 1. The number of likely N-dealkylation sites (tertiary alicyclic amines) is 1. The van der Waals surface area contributed by atoms with Crippen molar-refractivity contribution in [1.29, 1.82) is 0 Å². The van der Waals surface area contributed by atoms with Gasteiger partial charge in [0.15, 0.2) is 0 Å². The molecule has 1 amide bonds. The van der Waals surface area contributed by atoms with Gasteiger partial charge in [0.1, 0.15) is 5.60 Å². The molecule has 0 radical (unpaired) electrons. The topological polar surface area (TPSA) is 49.8 Å². The van der Waals surface area contributed by atoms with Gasteiger partial charge in [-0.25, -0.2) is 4.79 Å². The first-order chi connectivity index (χ1) is 11.3. The zero-order valence-corrected chi connectivity index (χ0v) is 15.4. The molecule has 1 saturated heterocycles. The van der Waals surface area contributed by atoms with Gasteiger partial charge < -0.3 is 14.7 Å². The third-order valence-corrected chi connectivity index (χ3v) is 4.61. The second kappa shape index (κ2) is 8.02. The highest BCUT2D eigenvalue weighted by Crippen LogP contribution is 2.30. The second-order valence-corrected chi connectivity index (χ2v) is 7.80. The van der Waals surface area contributed by atoms with Gasteiger partial charge in [-0.05, 0) is 57.9 Å². The van der Waals surface area contributed by atoms with Crippen molar-refractivity contribution in [2.45, 2.75) is 71.1 Å². The highest BCUT2D eigenvalue weighted by Gasteiger charge is 2.37. The van der Waals surface area contributed by atoms with E-state index in [1.54, 1.807) is 4.90 Å². The highest BCUT2D eigenvalue weighted by atomic mass is 16.6. The molecule has 1 N–H and O–H groups in total. The van der Waals surface area contributed by atoms with Gasteiger partial charge in [0.25, 0.3) is 0 Å². The monoisotopic (exact) mass is 333 g/mol. The Labute approximate surface area is 145 Å². The minimum absolute atomic E-state index is 0.160. The number of hydrogen-bond acceptors (Lipinski definition) is 3. The zero-order chi connectivity index (χ0) is 17.7. The summed E-state index contributed by atoms with van der Waals surface area (Å²) in [5, 5.41) is 10.4. The van der Waals surface area contributed by atoms with Crippen LogP contribution in [0.15, 0.2) is 30.3 Å². The van der Waals surface area contributed by atoms with E-state index in [-0.39, 0.29) is 12.1 Å². The van der Waals surface area contributed by atoms with E-state index in [2.05, 4.69) is 24.3 Å². The molecule has 0 spiro atoms. The molecule has 2 rings (SSSR count). The number of hydrogen-bond donors (Lipinski definition) is 1. The second-order valence-electron chi connectivity index (χ2n) is 7.80. The van der Waals surface area contributed by atoms with Crippen molar-refractivity contribution >= 4 is 6.09 Å². The molecular formula is C20H31NO3. The molecule has 0 aliphatic carbocycles. The molecular weight excluding hydrogens is 302 g/mol. The van der Waals surface area contributed by atoms with E-state index in [1.807, 2.05) is 33.8 Å². The van der Waals surface area contributed by atoms with Gasteiger partial charge in [0.2, 0.25) is 0 Å². The largest absolute Gasteiger partial charge is 0.444 e. The van der Waals surface area contributed by atoms with Gasteiger partial charge in [-0.15, -0.1) is 0 Å². The first-order valence-electron chi connectivity index (χ1n) is 9.01. The molecule has 0 aromatic heterocycles. The van der Waals surface area contributed by atoms with E-state index >= 15 is 0 Å². The molecule has 1 aliphatic rings. The number of aliphatic hydroxyl groups excluding tert-OH is 1. The van der Waals surface area contributed by atoms with Crippen molar-refractivity contribution in [2.75, 3.05) is 6.54 Å². The Bertz CT molecular complexity index is 523.